The second kappa shape index (κ2) is 12.1. The molecule has 2 saturated carbocycles. The van der Waals surface area contributed by atoms with Gasteiger partial charge in [0.05, 0.1) is 6.04 Å². The van der Waals surface area contributed by atoms with E-state index in [1.807, 2.05) is 61.5 Å². The lowest BCUT2D eigenvalue weighted by Gasteiger charge is -2.32. The molecule has 0 radical (unpaired) electrons. The summed E-state index contributed by atoms with van der Waals surface area (Å²) in [6.45, 7) is 0.337. The van der Waals surface area contributed by atoms with Crippen molar-refractivity contribution in [2.45, 2.75) is 76.2 Å². The van der Waals surface area contributed by atoms with E-state index in [2.05, 4.69) is 10.1 Å². The molecule has 2 amide bonds. The Bertz CT molecular complexity index is 1040. The van der Waals surface area contributed by atoms with Gasteiger partial charge in [0.25, 0.3) is 0 Å². The molecule has 2 aromatic rings. The van der Waals surface area contributed by atoms with E-state index in [4.69, 9.17) is 0 Å². The number of nitrogens with one attached hydrogen (secondary N) is 1. The van der Waals surface area contributed by atoms with Crippen molar-refractivity contribution in [2.24, 2.45) is 5.92 Å². The fourth-order valence-corrected chi connectivity index (χ4v) is 5.20. The van der Waals surface area contributed by atoms with Gasteiger partial charge in [-0.15, -0.1) is 0 Å². The number of halogens is 3. The summed E-state index contributed by atoms with van der Waals surface area (Å²) in [6.07, 6.45) is 1.15. The molecule has 2 aliphatic carbocycles. The van der Waals surface area contributed by atoms with Gasteiger partial charge in [0.2, 0.25) is 11.8 Å². The van der Waals surface area contributed by atoms with Gasteiger partial charge in [-0.25, -0.2) is 0 Å². The Kier molecular flexibility index (Phi) is 8.90. The zero-order valence-electron chi connectivity index (χ0n) is 21.2. The van der Waals surface area contributed by atoms with Gasteiger partial charge in [0.15, 0.2) is 0 Å². The van der Waals surface area contributed by atoms with Crippen molar-refractivity contribution in [3.63, 3.8) is 0 Å². The van der Waals surface area contributed by atoms with E-state index in [1.54, 1.807) is 4.90 Å². The number of nitrogens with zero attached hydrogens (tertiary/aromatic N) is 1. The maximum atomic E-state index is 13.2. The van der Waals surface area contributed by atoms with Gasteiger partial charge in [-0.05, 0) is 55.2 Å². The van der Waals surface area contributed by atoms with Crippen LogP contribution in [0.5, 0.6) is 0 Å². The summed E-state index contributed by atoms with van der Waals surface area (Å²) in [7, 11) is 0. The Hall–Kier alpha value is -2.87. The number of rotatable bonds is 10. The minimum Gasteiger partial charge on any atom is -0.362 e. The third-order valence-electron chi connectivity index (χ3n) is 7.32. The normalized spacial score (nSPS) is 20.8. The molecule has 8 heteroatoms. The Morgan fingerprint density at radius 3 is 2.32 bits per heavy atom. The van der Waals surface area contributed by atoms with E-state index in [0.717, 1.165) is 55.2 Å². The van der Waals surface area contributed by atoms with E-state index in [-0.39, 0.29) is 29.8 Å². The first-order valence-corrected chi connectivity index (χ1v) is 13.1. The third-order valence-corrected chi connectivity index (χ3v) is 7.32. The molecule has 2 fully saturated rings. The Balaban J connectivity index is 1.37. The molecule has 0 aliphatic heterocycles. The number of alkyl halides is 3. The highest BCUT2D eigenvalue weighted by Gasteiger charge is 2.35. The summed E-state index contributed by atoms with van der Waals surface area (Å²) < 4.78 is 41.7. The van der Waals surface area contributed by atoms with Crippen LogP contribution in [0.3, 0.4) is 0 Å². The minimum atomic E-state index is -4.45. The quantitative estimate of drug-likeness (QED) is 0.427. The molecule has 5 nitrogen and oxygen atoms in total. The average molecular weight is 517 g/mol. The zero-order valence-corrected chi connectivity index (χ0v) is 21.2. The lowest BCUT2D eigenvalue weighted by Crippen LogP contribution is -2.37. The van der Waals surface area contributed by atoms with E-state index < -0.39 is 25.3 Å². The van der Waals surface area contributed by atoms with E-state index in [9.17, 15) is 22.8 Å². The first-order chi connectivity index (χ1) is 17.7. The number of benzene rings is 2. The van der Waals surface area contributed by atoms with Gasteiger partial charge in [-0.2, -0.15) is 13.2 Å². The average Bonchev–Trinajstić information content (AvgIpc) is 3.72. The molecule has 0 bridgehead atoms. The van der Waals surface area contributed by atoms with Gasteiger partial charge in [-0.3, -0.25) is 9.59 Å². The predicted molar refractivity (Wildman–Crippen MR) is 135 cm³/mol. The van der Waals surface area contributed by atoms with Crippen LogP contribution in [0.1, 0.15) is 74.1 Å². The lowest BCUT2D eigenvalue weighted by molar-refractivity contribution is -0.178. The molecule has 0 heterocycles. The highest BCUT2D eigenvalue weighted by atomic mass is 19.4. The maximum absolute atomic E-state index is 13.2. The first-order valence-electron chi connectivity index (χ1n) is 13.1. The van der Waals surface area contributed by atoms with Crippen LogP contribution in [0.2, 0.25) is 0 Å². The molecular weight excluding hydrogens is 481 g/mol. The summed E-state index contributed by atoms with van der Waals surface area (Å²) in [5.74, 6) is -0.314. The van der Waals surface area contributed by atoms with Gasteiger partial charge >= 0.3 is 6.18 Å². The molecule has 0 saturated heterocycles. The molecule has 0 spiro atoms. The van der Waals surface area contributed by atoms with Crippen LogP contribution < -0.4 is 5.32 Å². The SMILES string of the molecule is C[C@H](NC(=O)[C@H]1CCCC[C@@H]1c1ccc(CN(C(=O)COCC(F)(F)F)C2CC2)cc1)c1ccccc1. The van der Waals surface area contributed by atoms with Crippen molar-refractivity contribution in [2.75, 3.05) is 13.2 Å². The molecule has 200 valence electrons. The highest BCUT2D eigenvalue weighted by molar-refractivity contribution is 5.80. The molecule has 0 unspecified atom stereocenters. The van der Waals surface area contributed by atoms with Crippen LogP contribution in [-0.2, 0) is 20.9 Å². The van der Waals surface area contributed by atoms with Crippen LogP contribution in [0.25, 0.3) is 0 Å². The standard InChI is InChI=1S/C29H35F3N2O3/c1-20(22-7-3-2-4-8-22)33-28(36)26-10-6-5-9-25(26)23-13-11-21(12-14-23)17-34(24-15-16-24)27(35)18-37-19-29(30,31)32/h2-4,7-8,11-14,20,24-26H,5-6,9-10,15-19H2,1H3,(H,33,36)/t20-,25+,26-/m0/s1. The number of hydrogen-bond donors (Lipinski definition) is 1. The molecule has 37 heavy (non-hydrogen) atoms. The molecule has 1 N–H and O–H groups in total. The monoisotopic (exact) mass is 516 g/mol. The van der Waals surface area contributed by atoms with Crippen molar-refractivity contribution in [3.05, 3.63) is 71.3 Å². The molecular formula is C29H35F3N2O3. The summed E-state index contributed by atoms with van der Waals surface area (Å²) >= 11 is 0. The van der Waals surface area contributed by atoms with E-state index in [0.29, 0.717) is 6.54 Å². The lowest BCUT2D eigenvalue weighted by atomic mass is 9.74. The Morgan fingerprint density at radius 2 is 1.68 bits per heavy atom. The second-order valence-corrected chi connectivity index (χ2v) is 10.2. The summed E-state index contributed by atoms with van der Waals surface area (Å²) in [6, 6.07) is 17.9. The van der Waals surface area contributed by atoms with E-state index >= 15 is 0 Å². The molecule has 4 rings (SSSR count). The van der Waals surface area contributed by atoms with E-state index in [1.165, 1.54) is 0 Å². The zero-order chi connectivity index (χ0) is 26.4. The van der Waals surface area contributed by atoms with Crippen molar-refractivity contribution in [1.82, 2.24) is 10.2 Å². The van der Waals surface area contributed by atoms with Crippen LogP contribution in [0, 0.1) is 5.92 Å². The molecule has 3 atom stereocenters. The van der Waals surface area contributed by atoms with Crippen molar-refractivity contribution >= 4 is 11.8 Å². The smallest absolute Gasteiger partial charge is 0.362 e. The summed E-state index contributed by atoms with van der Waals surface area (Å²) in [5, 5.41) is 3.20. The van der Waals surface area contributed by atoms with Crippen LogP contribution in [-0.4, -0.2) is 42.1 Å². The van der Waals surface area contributed by atoms with Crippen LogP contribution in [0.4, 0.5) is 13.2 Å². The van der Waals surface area contributed by atoms with Gasteiger partial charge in [0.1, 0.15) is 13.2 Å². The van der Waals surface area contributed by atoms with Crippen LogP contribution >= 0.6 is 0 Å². The molecule has 0 aromatic heterocycles. The largest absolute Gasteiger partial charge is 0.411 e. The molecule has 2 aromatic carbocycles. The highest BCUT2D eigenvalue weighted by Crippen LogP contribution is 2.38. The summed E-state index contributed by atoms with van der Waals surface area (Å²) in [4.78, 5) is 27.4. The minimum absolute atomic E-state index is 0.0553. The van der Waals surface area contributed by atoms with Crippen molar-refractivity contribution in [3.8, 4) is 0 Å². The number of ether oxygens (including phenoxy) is 1. The van der Waals surface area contributed by atoms with Crippen LogP contribution in [0.15, 0.2) is 54.6 Å². The Morgan fingerprint density at radius 1 is 1.00 bits per heavy atom. The van der Waals surface area contributed by atoms with Crippen molar-refractivity contribution in [1.29, 1.82) is 0 Å². The fraction of sp³-hybridized carbons (Fsp3) is 0.517. The van der Waals surface area contributed by atoms with Crippen molar-refractivity contribution < 1.29 is 27.5 Å². The fourth-order valence-electron chi connectivity index (χ4n) is 5.20. The van der Waals surface area contributed by atoms with Gasteiger partial charge < -0.3 is 15.0 Å². The molecule has 2 aliphatic rings. The second-order valence-electron chi connectivity index (χ2n) is 10.2. The number of carbonyl (C=O) groups is 2. The topological polar surface area (TPSA) is 58.6 Å². The number of hydrogen-bond acceptors (Lipinski definition) is 3. The predicted octanol–water partition coefficient (Wildman–Crippen LogP) is 5.91. The summed E-state index contributed by atoms with van der Waals surface area (Å²) in [5.41, 5.74) is 3.09. The van der Waals surface area contributed by atoms with Gasteiger partial charge in [-0.1, -0.05) is 67.4 Å². The maximum Gasteiger partial charge on any atom is 0.411 e. The van der Waals surface area contributed by atoms with Gasteiger partial charge in [0, 0.05) is 18.5 Å². The first kappa shape index (κ1) is 27.2. The Labute approximate surface area is 216 Å². The number of carbonyl (C=O) groups excluding carboxylic acids is 2. The number of amides is 2. The third kappa shape index (κ3) is 7.81.